The first-order valence-electron chi connectivity index (χ1n) is 7.59. The van der Waals surface area contributed by atoms with E-state index in [9.17, 15) is 0 Å². The van der Waals surface area contributed by atoms with Crippen LogP contribution in [0.2, 0.25) is 0 Å². The monoisotopic (exact) mass is 270 g/mol. The smallest absolute Gasteiger partial charge is 0.00642 e. The Morgan fingerprint density at radius 1 is 0.524 bits per heavy atom. The summed E-state index contributed by atoms with van der Waals surface area (Å²) in [6.45, 7) is 4.55. The van der Waals surface area contributed by atoms with E-state index < -0.39 is 0 Å². The second kappa shape index (κ2) is 4.60. The van der Waals surface area contributed by atoms with Gasteiger partial charge in [-0.2, -0.15) is 0 Å². The molecule has 0 fully saturated rings. The molecule has 0 unspecified atom stereocenters. The molecule has 4 rings (SSSR count). The molecule has 0 N–H and O–H groups in total. The maximum absolute atomic E-state index is 2.28. The van der Waals surface area contributed by atoms with Crippen LogP contribution in [0.3, 0.4) is 0 Å². The van der Waals surface area contributed by atoms with Crippen LogP contribution in [0.1, 0.15) is 25.3 Å². The van der Waals surface area contributed by atoms with E-state index in [1.54, 1.807) is 0 Å². The Labute approximate surface area is 125 Å². The Morgan fingerprint density at radius 3 is 1.48 bits per heavy atom. The maximum Gasteiger partial charge on any atom is -0.00642 e. The highest BCUT2D eigenvalue weighted by molar-refractivity contribution is 6.26. The lowest BCUT2D eigenvalue weighted by molar-refractivity contribution is 0.877. The van der Waals surface area contributed by atoms with E-state index in [4.69, 9.17) is 0 Å². The lowest BCUT2D eigenvalue weighted by Crippen LogP contribution is -1.91. The van der Waals surface area contributed by atoms with Crippen LogP contribution in [0.25, 0.3) is 32.3 Å². The standard InChI is InChI=1S/C21H18/c1-14(2)15-12-7-13-20-18-9-4-3-8-16(18)17-10-5-6-11-19(17)21(15)20/h3-14H,1-2H3. The Hall–Kier alpha value is -2.34. The molecule has 0 amide bonds. The molecule has 4 aromatic carbocycles. The first kappa shape index (κ1) is 12.4. The van der Waals surface area contributed by atoms with Crippen LogP contribution in [-0.4, -0.2) is 0 Å². The highest BCUT2D eigenvalue weighted by Gasteiger charge is 2.12. The third-order valence-electron chi connectivity index (χ3n) is 4.42. The van der Waals surface area contributed by atoms with Gasteiger partial charge in [-0.3, -0.25) is 0 Å². The molecule has 0 aliphatic rings. The average Bonchev–Trinajstić information content (AvgIpc) is 2.54. The minimum Gasteiger partial charge on any atom is -0.0616 e. The largest absolute Gasteiger partial charge is 0.0616 e. The lowest BCUT2D eigenvalue weighted by atomic mass is 9.88. The van der Waals surface area contributed by atoms with Gasteiger partial charge in [-0.05, 0) is 43.8 Å². The Kier molecular flexibility index (Phi) is 2.71. The van der Waals surface area contributed by atoms with E-state index in [0.717, 1.165) is 0 Å². The van der Waals surface area contributed by atoms with Gasteiger partial charge in [-0.15, -0.1) is 0 Å². The zero-order valence-electron chi connectivity index (χ0n) is 12.4. The van der Waals surface area contributed by atoms with Gasteiger partial charge in [0.25, 0.3) is 0 Å². The van der Waals surface area contributed by atoms with Crippen LogP contribution in [-0.2, 0) is 0 Å². The average molecular weight is 270 g/mol. The van der Waals surface area contributed by atoms with Crippen molar-refractivity contribution >= 4 is 32.3 Å². The molecule has 0 nitrogen and oxygen atoms in total. The predicted octanol–water partition coefficient (Wildman–Crippen LogP) is 6.27. The maximum atomic E-state index is 2.28. The number of benzene rings is 4. The van der Waals surface area contributed by atoms with Crippen LogP contribution in [0, 0.1) is 0 Å². The normalized spacial score (nSPS) is 11.8. The summed E-state index contributed by atoms with van der Waals surface area (Å²) in [5, 5.41) is 8.22. The fourth-order valence-electron chi connectivity index (χ4n) is 3.47. The summed E-state index contributed by atoms with van der Waals surface area (Å²) in [5.41, 5.74) is 1.44. The Balaban J connectivity index is 2.40. The van der Waals surface area contributed by atoms with E-state index in [1.165, 1.54) is 37.9 Å². The molecule has 0 aromatic heterocycles. The van der Waals surface area contributed by atoms with Gasteiger partial charge in [0.2, 0.25) is 0 Å². The van der Waals surface area contributed by atoms with Crippen LogP contribution < -0.4 is 0 Å². The van der Waals surface area contributed by atoms with E-state index in [-0.39, 0.29) is 0 Å². The van der Waals surface area contributed by atoms with Crippen molar-refractivity contribution in [3.05, 3.63) is 72.3 Å². The molecule has 102 valence electrons. The molecule has 0 atom stereocenters. The topological polar surface area (TPSA) is 0 Å². The highest BCUT2D eigenvalue weighted by Crippen LogP contribution is 2.38. The summed E-state index contributed by atoms with van der Waals surface area (Å²) < 4.78 is 0. The number of hydrogen-bond acceptors (Lipinski definition) is 0. The first-order valence-corrected chi connectivity index (χ1v) is 7.59. The predicted molar refractivity (Wildman–Crippen MR) is 93.0 cm³/mol. The van der Waals surface area contributed by atoms with Crippen LogP contribution in [0.15, 0.2) is 66.7 Å². The van der Waals surface area contributed by atoms with Gasteiger partial charge in [0.1, 0.15) is 0 Å². The molecule has 0 aliphatic heterocycles. The molecule has 21 heavy (non-hydrogen) atoms. The van der Waals surface area contributed by atoms with Gasteiger partial charge in [0.15, 0.2) is 0 Å². The van der Waals surface area contributed by atoms with Gasteiger partial charge >= 0.3 is 0 Å². The fraction of sp³-hybridized carbons (Fsp3) is 0.143. The Morgan fingerprint density at radius 2 is 0.952 bits per heavy atom. The van der Waals surface area contributed by atoms with E-state index in [0.29, 0.717) is 5.92 Å². The van der Waals surface area contributed by atoms with Gasteiger partial charge in [0.05, 0.1) is 0 Å². The summed E-state index contributed by atoms with van der Waals surface area (Å²) >= 11 is 0. The first-order chi connectivity index (χ1) is 10.3. The highest BCUT2D eigenvalue weighted by atomic mass is 14.2. The molecule has 0 spiro atoms. The summed E-state index contributed by atoms with van der Waals surface area (Å²) in [6, 6.07) is 24.3. The molecule has 4 aromatic rings. The van der Waals surface area contributed by atoms with Crippen molar-refractivity contribution in [2.75, 3.05) is 0 Å². The summed E-state index contributed by atoms with van der Waals surface area (Å²) in [4.78, 5) is 0. The van der Waals surface area contributed by atoms with Crippen LogP contribution in [0.5, 0.6) is 0 Å². The molecule has 0 heteroatoms. The van der Waals surface area contributed by atoms with Crippen molar-refractivity contribution in [2.45, 2.75) is 19.8 Å². The second-order valence-corrected chi connectivity index (χ2v) is 6.02. The Bertz CT molecular complexity index is 916. The minimum atomic E-state index is 0.526. The molecule has 0 heterocycles. The van der Waals surface area contributed by atoms with Crippen molar-refractivity contribution in [1.29, 1.82) is 0 Å². The van der Waals surface area contributed by atoms with Crippen molar-refractivity contribution in [3.8, 4) is 0 Å². The van der Waals surface area contributed by atoms with E-state index in [1.807, 2.05) is 0 Å². The van der Waals surface area contributed by atoms with Crippen molar-refractivity contribution in [3.63, 3.8) is 0 Å². The summed E-state index contributed by atoms with van der Waals surface area (Å²) in [6.07, 6.45) is 0. The third kappa shape index (κ3) is 1.76. The summed E-state index contributed by atoms with van der Waals surface area (Å²) in [7, 11) is 0. The SMILES string of the molecule is CC(C)c1cccc2c3ccccc3c3ccccc3c12. The summed E-state index contributed by atoms with van der Waals surface area (Å²) in [5.74, 6) is 0.526. The van der Waals surface area contributed by atoms with Gasteiger partial charge < -0.3 is 0 Å². The van der Waals surface area contributed by atoms with Crippen LogP contribution in [0.4, 0.5) is 0 Å². The molecule has 0 aliphatic carbocycles. The molecule has 0 saturated carbocycles. The van der Waals surface area contributed by atoms with Crippen LogP contribution >= 0.6 is 0 Å². The number of rotatable bonds is 1. The molecule has 0 radical (unpaired) electrons. The number of fused-ring (bicyclic) bond motifs is 6. The number of hydrogen-bond donors (Lipinski definition) is 0. The molecule has 0 bridgehead atoms. The van der Waals surface area contributed by atoms with Gasteiger partial charge in [-0.25, -0.2) is 0 Å². The van der Waals surface area contributed by atoms with Gasteiger partial charge in [-0.1, -0.05) is 80.6 Å². The molecule has 0 saturated heterocycles. The third-order valence-corrected chi connectivity index (χ3v) is 4.42. The molecular formula is C21H18. The zero-order valence-corrected chi connectivity index (χ0v) is 12.4. The van der Waals surface area contributed by atoms with Gasteiger partial charge in [0, 0.05) is 0 Å². The zero-order chi connectivity index (χ0) is 14.4. The lowest BCUT2D eigenvalue weighted by Gasteiger charge is -2.15. The van der Waals surface area contributed by atoms with Crippen molar-refractivity contribution in [2.24, 2.45) is 0 Å². The van der Waals surface area contributed by atoms with E-state index >= 15 is 0 Å². The van der Waals surface area contributed by atoms with Crippen molar-refractivity contribution < 1.29 is 0 Å². The van der Waals surface area contributed by atoms with Crippen molar-refractivity contribution in [1.82, 2.24) is 0 Å². The molecular weight excluding hydrogens is 252 g/mol. The quantitative estimate of drug-likeness (QED) is 0.357. The van der Waals surface area contributed by atoms with E-state index in [2.05, 4.69) is 80.6 Å². The fourth-order valence-corrected chi connectivity index (χ4v) is 3.47. The minimum absolute atomic E-state index is 0.526. The second-order valence-electron chi connectivity index (χ2n) is 6.02.